The van der Waals surface area contributed by atoms with Crippen molar-refractivity contribution in [2.24, 2.45) is 5.92 Å². The van der Waals surface area contributed by atoms with E-state index in [0.29, 0.717) is 19.4 Å². The molecule has 7 heteroatoms. The first kappa shape index (κ1) is 22.8. The van der Waals surface area contributed by atoms with Crippen LogP contribution in [0, 0.1) is 5.92 Å². The molecule has 2 amide bonds. The Morgan fingerprint density at radius 2 is 1.64 bits per heavy atom. The Labute approximate surface area is 193 Å². The summed E-state index contributed by atoms with van der Waals surface area (Å²) in [5, 5.41) is 11.5. The van der Waals surface area contributed by atoms with Gasteiger partial charge >= 0.3 is 12.1 Å². The van der Waals surface area contributed by atoms with E-state index in [1.165, 1.54) is 0 Å². The van der Waals surface area contributed by atoms with E-state index in [4.69, 9.17) is 9.84 Å². The molecule has 33 heavy (non-hydrogen) atoms. The number of carbonyl (C=O) groups is 3. The first-order chi connectivity index (χ1) is 16.0. The number of carboxylic acid groups (broad SMARTS) is 1. The number of aliphatic carboxylic acids is 1. The maximum atomic E-state index is 12.9. The number of nitrogens with zero attached hydrogens (tertiary/aromatic N) is 1. The molecule has 0 radical (unpaired) electrons. The standard InChI is InChI=1S/C26H30N2O5/c1-28(15-7-6-12-23(29)30)25(31)24(17-13-14-17)27-26(32)33-16-22-20-10-4-2-8-18(20)19-9-3-5-11-21(19)22/h2-5,8-11,17,22,24H,6-7,12-16H2,1H3,(H,27,32)(H,29,30). The lowest BCUT2D eigenvalue weighted by atomic mass is 9.98. The summed E-state index contributed by atoms with van der Waals surface area (Å²) in [6, 6.07) is 15.7. The van der Waals surface area contributed by atoms with E-state index < -0.39 is 18.1 Å². The average molecular weight is 451 g/mol. The van der Waals surface area contributed by atoms with Crippen molar-refractivity contribution in [1.29, 1.82) is 0 Å². The summed E-state index contributed by atoms with van der Waals surface area (Å²) in [5.41, 5.74) is 4.61. The van der Waals surface area contributed by atoms with Crippen molar-refractivity contribution < 1.29 is 24.2 Å². The number of unbranched alkanes of at least 4 members (excludes halogenated alkanes) is 1. The number of carbonyl (C=O) groups excluding carboxylic acids is 2. The summed E-state index contributed by atoms with van der Waals surface area (Å²) in [6.45, 7) is 0.665. The first-order valence-corrected chi connectivity index (χ1v) is 11.5. The van der Waals surface area contributed by atoms with Crippen molar-refractivity contribution in [3.05, 3.63) is 59.7 Å². The Morgan fingerprint density at radius 1 is 1.03 bits per heavy atom. The number of alkyl carbamates (subject to hydrolysis) is 1. The molecule has 2 aliphatic carbocycles. The molecule has 1 fully saturated rings. The van der Waals surface area contributed by atoms with Gasteiger partial charge in [0.15, 0.2) is 0 Å². The van der Waals surface area contributed by atoms with Gasteiger partial charge in [-0.25, -0.2) is 4.79 Å². The molecule has 0 aromatic heterocycles. The van der Waals surface area contributed by atoms with Crippen LogP contribution in [0.1, 0.15) is 49.1 Å². The minimum atomic E-state index is -0.836. The Bertz CT molecular complexity index is 987. The topological polar surface area (TPSA) is 95.9 Å². The van der Waals surface area contributed by atoms with Crippen LogP contribution >= 0.6 is 0 Å². The van der Waals surface area contributed by atoms with Gasteiger partial charge in [0.2, 0.25) is 5.91 Å². The highest BCUT2D eigenvalue weighted by Crippen LogP contribution is 2.44. The number of fused-ring (bicyclic) bond motifs is 3. The van der Waals surface area contributed by atoms with Crippen LogP contribution in [0.4, 0.5) is 4.79 Å². The molecule has 2 aliphatic rings. The summed E-state index contributed by atoms with van der Waals surface area (Å²) in [6.07, 6.45) is 2.42. The Hall–Kier alpha value is -3.35. The van der Waals surface area contributed by atoms with E-state index in [-0.39, 0.29) is 30.8 Å². The lowest BCUT2D eigenvalue weighted by molar-refractivity contribution is -0.137. The minimum Gasteiger partial charge on any atom is -0.481 e. The van der Waals surface area contributed by atoms with Crippen LogP contribution in [-0.2, 0) is 14.3 Å². The highest BCUT2D eigenvalue weighted by Gasteiger charge is 2.39. The molecular formula is C26H30N2O5. The van der Waals surface area contributed by atoms with Crippen LogP contribution in [0.25, 0.3) is 11.1 Å². The predicted octanol–water partition coefficient (Wildman–Crippen LogP) is 4.02. The van der Waals surface area contributed by atoms with Gasteiger partial charge in [-0.3, -0.25) is 9.59 Å². The molecule has 1 unspecified atom stereocenters. The number of hydrogen-bond donors (Lipinski definition) is 2. The van der Waals surface area contributed by atoms with Crippen molar-refractivity contribution in [3.63, 3.8) is 0 Å². The van der Waals surface area contributed by atoms with Gasteiger partial charge in [-0.05, 0) is 53.9 Å². The molecule has 0 saturated heterocycles. The van der Waals surface area contributed by atoms with Gasteiger partial charge in [-0.15, -0.1) is 0 Å². The molecule has 0 aliphatic heterocycles. The maximum Gasteiger partial charge on any atom is 0.407 e. The number of amides is 2. The first-order valence-electron chi connectivity index (χ1n) is 11.5. The number of nitrogens with one attached hydrogen (secondary N) is 1. The molecule has 2 aromatic carbocycles. The Kier molecular flexibility index (Phi) is 6.96. The highest BCUT2D eigenvalue weighted by molar-refractivity contribution is 5.86. The third-order valence-electron chi connectivity index (χ3n) is 6.49. The highest BCUT2D eigenvalue weighted by atomic mass is 16.5. The minimum absolute atomic E-state index is 0.0323. The summed E-state index contributed by atoms with van der Waals surface area (Å²) in [5.74, 6) is -0.896. The normalized spacial score (nSPS) is 15.3. The summed E-state index contributed by atoms with van der Waals surface area (Å²) < 4.78 is 5.62. The third-order valence-corrected chi connectivity index (χ3v) is 6.49. The predicted molar refractivity (Wildman–Crippen MR) is 124 cm³/mol. The van der Waals surface area contributed by atoms with Crippen LogP contribution in [-0.4, -0.2) is 54.2 Å². The summed E-state index contributed by atoms with van der Waals surface area (Å²) in [7, 11) is 1.69. The van der Waals surface area contributed by atoms with Crippen LogP contribution < -0.4 is 5.32 Å². The largest absolute Gasteiger partial charge is 0.481 e. The van der Waals surface area contributed by atoms with Crippen molar-refractivity contribution in [2.45, 2.75) is 44.1 Å². The number of carboxylic acids is 1. The van der Waals surface area contributed by atoms with E-state index >= 15 is 0 Å². The Morgan fingerprint density at radius 3 is 2.21 bits per heavy atom. The molecule has 0 bridgehead atoms. The van der Waals surface area contributed by atoms with Crippen LogP contribution in [0.5, 0.6) is 0 Å². The van der Waals surface area contributed by atoms with Gasteiger partial charge in [0, 0.05) is 25.9 Å². The second-order valence-corrected chi connectivity index (χ2v) is 8.90. The van der Waals surface area contributed by atoms with E-state index in [9.17, 15) is 14.4 Å². The molecule has 0 heterocycles. The van der Waals surface area contributed by atoms with Crippen LogP contribution in [0.15, 0.2) is 48.5 Å². The van der Waals surface area contributed by atoms with E-state index in [1.807, 2.05) is 24.3 Å². The van der Waals surface area contributed by atoms with Crippen molar-refractivity contribution in [2.75, 3.05) is 20.2 Å². The molecule has 2 N–H and O–H groups in total. The lowest BCUT2D eigenvalue weighted by Crippen LogP contribution is -2.49. The van der Waals surface area contributed by atoms with Crippen LogP contribution in [0.3, 0.4) is 0 Å². The number of likely N-dealkylation sites (N-methyl/N-ethyl adjacent to an activating group) is 1. The molecule has 4 rings (SSSR count). The second-order valence-electron chi connectivity index (χ2n) is 8.90. The van der Waals surface area contributed by atoms with Gasteiger partial charge in [-0.2, -0.15) is 0 Å². The zero-order valence-electron chi connectivity index (χ0n) is 18.8. The number of hydrogen-bond acceptors (Lipinski definition) is 4. The zero-order chi connectivity index (χ0) is 23.4. The fourth-order valence-corrected chi connectivity index (χ4v) is 4.55. The second kappa shape index (κ2) is 10.1. The SMILES string of the molecule is CN(CCCCC(=O)O)C(=O)C(NC(=O)OCC1c2ccccc2-c2ccccc21)C1CC1. The van der Waals surface area contributed by atoms with E-state index in [2.05, 4.69) is 29.6 Å². The van der Waals surface area contributed by atoms with Crippen LogP contribution in [0.2, 0.25) is 0 Å². The van der Waals surface area contributed by atoms with Crippen molar-refractivity contribution in [1.82, 2.24) is 10.2 Å². The quantitative estimate of drug-likeness (QED) is 0.533. The van der Waals surface area contributed by atoms with Gasteiger partial charge in [0.1, 0.15) is 12.6 Å². The van der Waals surface area contributed by atoms with Crippen molar-refractivity contribution in [3.8, 4) is 11.1 Å². The molecular weight excluding hydrogens is 420 g/mol. The van der Waals surface area contributed by atoms with Gasteiger partial charge < -0.3 is 20.1 Å². The van der Waals surface area contributed by atoms with E-state index in [1.54, 1.807) is 11.9 Å². The smallest absolute Gasteiger partial charge is 0.407 e. The monoisotopic (exact) mass is 450 g/mol. The van der Waals surface area contributed by atoms with E-state index in [0.717, 1.165) is 35.1 Å². The number of rotatable bonds is 10. The molecule has 1 atom stereocenters. The third kappa shape index (κ3) is 5.35. The van der Waals surface area contributed by atoms with Gasteiger partial charge in [-0.1, -0.05) is 48.5 Å². The molecule has 174 valence electrons. The fourth-order valence-electron chi connectivity index (χ4n) is 4.55. The average Bonchev–Trinajstić information content (AvgIpc) is 3.61. The molecule has 0 spiro atoms. The maximum absolute atomic E-state index is 12.9. The molecule has 2 aromatic rings. The number of benzene rings is 2. The fraction of sp³-hybridized carbons (Fsp3) is 0.423. The summed E-state index contributed by atoms with van der Waals surface area (Å²) in [4.78, 5) is 37.8. The number of ether oxygens (including phenoxy) is 1. The van der Waals surface area contributed by atoms with Gasteiger partial charge in [0.25, 0.3) is 0 Å². The Balaban J connectivity index is 1.34. The van der Waals surface area contributed by atoms with Crippen molar-refractivity contribution >= 4 is 18.0 Å². The summed E-state index contributed by atoms with van der Waals surface area (Å²) >= 11 is 0. The molecule has 1 saturated carbocycles. The zero-order valence-corrected chi connectivity index (χ0v) is 18.8. The molecule has 7 nitrogen and oxygen atoms in total. The van der Waals surface area contributed by atoms with Gasteiger partial charge in [0.05, 0.1) is 0 Å². The lowest BCUT2D eigenvalue weighted by Gasteiger charge is -2.24.